The average Bonchev–Trinajstić information content (AvgIpc) is 2.30. The van der Waals surface area contributed by atoms with E-state index in [0.717, 1.165) is 26.2 Å². The first-order valence-electron chi connectivity index (χ1n) is 5.91. The molecule has 0 aliphatic rings. The minimum Gasteiger partial charge on any atom is -0.389 e. The first kappa shape index (κ1) is 14.6. The quantitative estimate of drug-likeness (QED) is 0.586. The molecule has 0 saturated heterocycles. The number of nitrogens with one attached hydrogen (secondary N) is 2. The maximum Gasteiger partial charge on any atom is 0.0346 e. The second kappa shape index (κ2) is 11.7. The Kier molecular flexibility index (Phi) is 10.7. The Morgan fingerprint density at radius 2 is 1.31 bits per heavy atom. The lowest BCUT2D eigenvalue weighted by Gasteiger charge is -2.20. The van der Waals surface area contributed by atoms with Crippen molar-refractivity contribution in [2.75, 3.05) is 26.2 Å². The van der Waals surface area contributed by atoms with Gasteiger partial charge in [-0.1, -0.05) is 18.2 Å². The summed E-state index contributed by atoms with van der Waals surface area (Å²) in [5, 5.41) is 6.47. The summed E-state index contributed by atoms with van der Waals surface area (Å²) in [6.45, 7) is 10.1. The van der Waals surface area contributed by atoms with Gasteiger partial charge in [0.2, 0.25) is 0 Å². The van der Waals surface area contributed by atoms with Crippen molar-refractivity contribution in [2.45, 2.75) is 20.8 Å². The molecule has 0 aromatic carbocycles. The molecule has 0 spiro atoms. The highest BCUT2D eigenvalue weighted by Gasteiger charge is 1.96. The van der Waals surface area contributed by atoms with Gasteiger partial charge in [-0.2, -0.15) is 0 Å². The van der Waals surface area contributed by atoms with Crippen LogP contribution in [0.15, 0.2) is 36.8 Å². The Hall–Kier alpha value is -1.38. The minimum absolute atomic E-state index is 0.971. The molecule has 0 bridgehead atoms. The van der Waals surface area contributed by atoms with E-state index in [1.165, 1.54) is 0 Å². The summed E-state index contributed by atoms with van der Waals surface area (Å²) in [6, 6.07) is 0. The SMILES string of the molecule is CC=CNCCN(C=CC)CCNC=CC. The Balaban J connectivity index is 3.70. The number of rotatable bonds is 9. The summed E-state index contributed by atoms with van der Waals surface area (Å²) in [6.07, 6.45) is 12.2. The molecular formula is C13H25N3. The fourth-order valence-corrected chi connectivity index (χ4v) is 1.29. The van der Waals surface area contributed by atoms with Gasteiger partial charge in [-0.25, -0.2) is 0 Å². The van der Waals surface area contributed by atoms with Crippen LogP contribution in [0.1, 0.15) is 20.8 Å². The lowest BCUT2D eigenvalue weighted by Crippen LogP contribution is -2.31. The summed E-state index contributed by atoms with van der Waals surface area (Å²) in [5.74, 6) is 0. The van der Waals surface area contributed by atoms with Crippen LogP contribution in [0, 0.1) is 0 Å². The van der Waals surface area contributed by atoms with Crippen molar-refractivity contribution in [3.63, 3.8) is 0 Å². The van der Waals surface area contributed by atoms with Crippen molar-refractivity contribution in [1.29, 1.82) is 0 Å². The van der Waals surface area contributed by atoms with Gasteiger partial charge < -0.3 is 15.5 Å². The molecule has 3 heteroatoms. The summed E-state index contributed by atoms with van der Waals surface area (Å²) < 4.78 is 0. The zero-order valence-corrected chi connectivity index (χ0v) is 10.7. The van der Waals surface area contributed by atoms with Gasteiger partial charge in [-0.15, -0.1) is 0 Å². The van der Waals surface area contributed by atoms with Gasteiger partial charge in [0.1, 0.15) is 0 Å². The molecule has 0 unspecified atom stereocenters. The van der Waals surface area contributed by atoms with Crippen LogP contribution in [-0.4, -0.2) is 31.1 Å². The van der Waals surface area contributed by atoms with Crippen molar-refractivity contribution in [1.82, 2.24) is 15.5 Å². The van der Waals surface area contributed by atoms with Crippen LogP contribution in [0.2, 0.25) is 0 Å². The fourth-order valence-electron chi connectivity index (χ4n) is 1.29. The number of hydrogen-bond donors (Lipinski definition) is 2. The largest absolute Gasteiger partial charge is 0.389 e. The van der Waals surface area contributed by atoms with E-state index in [1.54, 1.807) is 0 Å². The predicted octanol–water partition coefficient (Wildman–Crippen LogP) is 2.07. The van der Waals surface area contributed by atoms with E-state index in [1.807, 2.05) is 45.3 Å². The normalized spacial score (nSPS) is 11.7. The molecule has 92 valence electrons. The fraction of sp³-hybridized carbons (Fsp3) is 0.538. The van der Waals surface area contributed by atoms with Gasteiger partial charge in [-0.05, 0) is 39.4 Å². The third-order valence-corrected chi connectivity index (χ3v) is 2.02. The van der Waals surface area contributed by atoms with Crippen LogP contribution in [0.3, 0.4) is 0 Å². The van der Waals surface area contributed by atoms with Gasteiger partial charge >= 0.3 is 0 Å². The maximum absolute atomic E-state index is 3.24. The molecule has 0 fully saturated rings. The highest BCUT2D eigenvalue weighted by molar-refractivity contribution is 4.82. The Morgan fingerprint density at radius 3 is 1.69 bits per heavy atom. The smallest absolute Gasteiger partial charge is 0.0346 e. The van der Waals surface area contributed by atoms with Crippen LogP contribution in [0.4, 0.5) is 0 Å². The standard InChI is InChI=1S/C13H25N3/c1-4-7-14-9-12-16(11-6-3)13-10-15-8-5-2/h4-8,11,14-15H,9-10,12-13H2,1-3H3. The molecule has 0 aromatic rings. The Morgan fingerprint density at radius 1 is 0.812 bits per heavy atom. The van der Waals surface area contributed by atoms with Crippen molar-refractivity contribution >= 4 is 0 Å². The van der Waals surface area contributed by atoms with Gasteiger partial charge in [0, 0.05) is 26.2 Å². The Bertz CT molecular complexity index is 201. The zero-order valence-electron chi connectivity index (χ0n) is 10.7. The van der Waals surface area contributed by atoms with E-state index >= 15 is 0 Å². The van der Waals surface area contributed by atoms with E-state index < -0.39 is 0 Å². The topological polar surface area (TPSA) is 27.3 Å². The van der Waals surface area contributed by atoms with Crippen molar-refractivity contribution in [3.8, 4) is 0 Å². The van der Waals surface area contributed by atoms with E-state index in [2.05, 4.69) is 27.8 Å². The van der Waals surface area contributed by atoms with Gasteiger partial charge in [0.05, 0.1) is 0 Å². The van der Waals surface area contributed by atoms with E-state index in [0.29, 0.717) is 0 Å². The second-order valence-corrected chi connectivity index (χ2v) is 3.43. The molecule has 0 atom stereocenters. The average molecular weight is 223 g/mol. The summed E-state index contributed by atoms with van der Waals surface area (Å²) in [4.78, 5) is 2.30. The van der Waals surface area contributed by atoms with Crippen LogP contribution >= 0.6 is 0 Å². The summed E-state index contributed by atoms with van der Waals surface area (Å²) in [7, 11) is 0. The molecular weight excluding hydrogens is 198 g/mol. The monoisotopic (exact) mass is 223 g/mol. The molecule has 3 nitrogen and oxygen atoms in total. The maximum atomic E-state index is 3.24. The first-order chi connectivity index (χ1) is 7.85. The number of nitrogens with zero attached hydrogens (tertiary/aromatic N) is 1. The Labute approximate surface area is 99.9 Å². The number of hydrogen-bond acceptors (Lipinski definition) is 3. The lowest BCUT2D eigenvalue weighted by molar-refractivity contribution is 0.379. The molecule has 0 radical (unpaired) electrons. The third kappa shape index (κ3) is 9.19. The van der Waals surface area contributed by atoms with Crippen molar-refractivity contribution in [2.24, 2.45) is 0 Å². The molecule has 2 N–H and O–H groups in total. The predicted molar refractivity (Wildman–Crippen MR) is 72.0 cm³/mol. The second-order valence-electron chi connectivity index (χ2n) is 3.43. The van der Waals surface area contributed by atoms with E-state index in [4.69, 9.17) is 0 Å². The van der Waals surface area contributed by atoms with Crippen LogP contribution < -0.4 is 10.6 Å². The molecule has 0 saturated carbocycles. The zero-order chi connectivity index (χ0) is 12.1. The van der Waals surface area contributed by atoms with Gasteiger partial charge in [-0.3, -0.25) is 0 Å². The number of allylic oxidation sites excluding steroid dienone is 3. The summed E-state index contributed by atoms with van der Waals surface area (Å²) >= 11 is 0. The van der Waals surface area contributed by atoms with Crippen LogP contribution in [0.5, 0.6) is 0 Å². The molecule has 0 aliphatic carbocycles. The highest BCUT2D eigenvalue weighted by atomic mass is 15.1. The minimum atomic E-state index is 0.971. The molecule has 0 aliphatic heterocycles. The van der Waals surface area contributed by atoms with Gasteiger partial charge in [0.25, 0.3) is 0 Å². The van der Waals surface area contributed by atoms with Crippen molar-refractivity contribution < 1.29 is 0 Å². The first-order valence-corrected chi connectivity index (χ1v) is 5.91. The van der Waals surface area contributed by atoms with E-state index in [9.17, 15) is 0 Å². The molecule has 0 rings (SSSR count). The van der Waals surface area contributed by atoms with Gasteiger partial charge in [0.15, 0.2) is 0 Å². The van der Waals surface area contributed by atoms with Crippen LogP contribution in [-0.2, 0) is 0 Å². The molecule has 0 heterocycles. The third-order valence-electron chi connectivity index (χ3n) is 2.02. The van der Waals surface area contributed by atoms with Crippen molar-refractivity contribution in [3.05, 3.63) is 36.8 Å². The lowest BCUT2D eigenvalue weighted by atomic mass is 10.4. The van der Waals surface area contributed by atoms with E-state index in [-0.39, 0.29) is 0 Å². The van der Waals surface area contributed by atoms with Crippen LogP contribution in [0.25, 0.3) is 0 Å². The molecule has 16 heavy (non-hydrogen) atoms. The molecule has 0 amide bonds. The summed E-state index contributed by atoms with van der Waals surface area (Å²) in [5.41, 5.74) is 0. The highest BCUT2D eigenvalue weighted by Crippen LogP contribution is 1.88. The molecule has 0 aromatic heterocycles.